The van der Waals surface area contributed by atoms with Crippen molar-refractivity contribution in [3.8, 4) is 0 Å². The Morgan fingerprint density at radius 1 is 1.47 bits per heavy atom. The van der Waals surface area contributed by atoms with Gasteiger partial charge in [0.15, 0.2) is 0 Å². The second-order valence-electron chi connectivity index (χ2n) is 5.08. The van der Waals surface area contributed by atoms with Crippen molar-refractivity contribution in [2.24, 2.45) is 0 Å². The lowest BCUT2D eigenvalue weighted by Crippen LogP contribution is -2.40. The maximum absolute atomic E-state index is 11.1. The summed E-state index contributed by atoms with van der Waals surface area (Å²) in [5.41, 5.74) is 0.972. The predicted molar refractivity (Wildman–Crippen MR) is 70.0 cm³/mol. The first-order valence-corrected chi connectivity index (χ1v) is 6.65. The summed E-state index contributed by atoms with van der Waals surface area (Å²) in [7, 11) is 0. The summed E-state index contributed by atoms with van der Waals surface area (Å²) in [5.74, 6) is -0.784. The van der Waals surface area contributed by atoms with Gasteiger partial charge in [-0.15, -0.1) is 0 Å². The number of nitrogens with zero attached hydrogens (tertiary/aromatic N) is 3. The second-order valence-corrected chi connectivity index (χ2v) is 5.08. The van der Waals surface area contributed by atoms with Crippen molar-refractivity contribution in [3.05, 3.63) is 18.2 Å². The Morgan fingerprint density at radius 2 is 2.16 bits per heavy atom. The maximum atomic E-state index is 11.1. The number of carboxylic acids is 1. The van der Waals surface area contributed by atoms with Crippen molar-refractivity contribution < 1.29 is 14.6 Å². The fraction of sp³-hybridized carbons (Fsp3) is 0.692. The molecule has 2 heterocycles. The van der Waals surface area contributed by atoms with Crippen molar-refractivity contribution in [2.75, 3.05) is 26.3 Å². The zero-order valence-electron chi connectivity index (χ0n) is 11.5. The molecule has 0 aromatic carbocycles. The number of hydrogen-bond acceptors (Lipinski definition) is 4. The Labute approximate surface area is 113 Å². The predicted octanol–water partition coefficient (Wildman–Crippen LogP) is 1.31. The Morgan fingerprint density at radius 3 is 2.74 bits per heavy atom. The van der Waals surface area contributed by atoms with Crippen LogP contribution in [-0.2, 0) is 9.53 Å². The fourth-order valence-corrected chi connectivity index (χ4v) is 2.48. The first-order chi connectivity index (χ1) is 9.09. The van der Waals surface area contributed by atoms with Gasteiger partial charge in [0.1, 0.15) is 0 Å². The second kappa shape index (κ2) is 6.16. The number of carboxylic acid groups (broad SMARTS) is 1. The van der Waals surface area contributed by atoms with E-state index in [1.54, 1.807) is 12.5 Å². The van der Waals surface area contributed by atoms with Crippen molar-refractivity contribution >= 4 is 5.97 Å². The third kappa shape index (κ3) is 3.33. The standard InChI is InChI=1S/C13H21N3O3/c1-10(2)16-9-14-8-12(16)11(7-13(17)18)15-3-5-19-6-4-15/h8-11H,3-7H2,1-2H3,(H,17,18). The molecule has 2 rings (SSSR count). The van der Waals surface area contributed by atoms with Gasteiger partial charge < -0.3 is 14.4 Å². The smallest absolute Gasteiger partial charge is 0.305 e. The molecule has 1 aromatic heterocycles. The van der Waals surface area contributed by atoms with E-state index in [-0.39, 0.29) is 18.5 Å². The van der Waals surface area contributed by atoms with E-state index in [0.29, 0.717) is 13.2 Å². The van der Waals surface area contributed by atoms with E-state index >= 15 is 0 Å². The molecule has 106 valence electrons. The zero-order valence-corrected chi connectivity index (χ0v) is 11.5. The van der Waals surface area contributed by atoms with Crippen molar-refractivity contribution in [1.29, 1.82) is 0 Å². The van der Waals surface area contributed by atoms with E-state index in [9.17, 15) is 4.79 Å². The molecule has 1 aliphatic rings. The van der Waals surface area contributed by atoms with Crippen LogP contribution in [0.2, 0.25) is 0 Å². The first kappa shape index (κ1) is 14.0. The number of morpholine rings is 1. The molecule has 0 radical (unpaired) electrons. The van der Waals surface area contributed by atoms with Gasteiger partial charge in [0.25, 0.3) is 0 Å². The summed E-state index contributed by atoms with van der Waals surface area (Å²) < 4.78 is 7.38. The molecule has 1 fully saturated rings. The zero-order chi connectivity index (χ0) is 13.8. The minimum Gasteiger partial charge on any atom is -0.481 e. The maximum Gasteiger partial charge on any atom is 0.305 e. The van der Waals surface area contributed by atoms with Gasteiger partial charge in [0.05, 0.1) is 37.7 Å². The van der Waals surface area contributed by atoms with Gasteiger partial charge in [0.2, 0.25) is 0 Å². The normalized spacial score (nSPS) is 18.7. The van der Waals surface area contributed by atoms with Crippen LogP contribution in [0.4, 0.5) is 0 Å². The van der Waals surface area contributed by atoms with Crippen LogP contribution in [0.3, 0.4) is 0 Å². The third-order valence-corrected chi connectivity index (χ3v) is 3.45. The van der Waals surface area contributed by atoms with Crippen LogP contribution < -0.4 is 0 Å². The SMILES string of the molecule is CC(C)n1cncc1C(CC(=O)O)N1CCOCC1. The lowest BCUT2D eigenvalue weighted by Gasteiger charge is -2.34. The molecule has 1 unspecified atom stereocenters. The van der Waals surface area contributed by atoms with Crippen LogP contribution in [0.1, 0.15) is 38.0 Å². The summed E-state index contributed by atoms with van der Waals surface area (Å²) in [4.78, 5) is 17.5. The average Bonchev–Trinajstić information content (AvgIpc) is 2.86. The topological polar surface area (TPSA) is 67.6 Å². The fourth-order valence-electron chi connectivity index (χ4n) is 2.48. The van der Waals surface area contributed by atoms with Crippen molar-refractivity contribution in [2.45, 2.75) is 32.4 Å². The summed E-state index contributed by atoms with van der Waals surface area (Å²) in [5, 5.41) is 9.16. The molecule has 0 bridgehead atoms. The van der Waals surface area contributed by atoms with Crippen LogP contribution in [0, 0.1) is 0 Å². The van der Waals surface area contributed by atoms with E-state index in [0.717, 1.165) is 18.8 Å². The number of rotatable bonds is 5. The minimum atomic E-state index is -0.784. The number of carbonyl (C=O) groups is 1. The molecular weight excluding hydrogens is 246 g/mol. The van der Waals surface area contributed by atoms with Gasteiger partial charge in [-0.1, -0.05) is 0 Å². The molecule has 1 aromatic rings. The summed E-state index contributed by atoms with van der Waals surface area (Å²) in [6, 6.07) is 0.140. The molecule has 6 nitrogen and oxygen atoms in total. The first-order valence-electron chi connectivity index (χ1n) is 6.65. The quantitative estimate of drug-likeness (QED) is 0.871. The van der Waals surface area contributed by atoms with Crippen LogP contribution in [0.15, 0.2) is 12.5 Å². The molecule has 0 amide bonds. The Bertz CT molecular complexity index is 425. The highest BCUT2D eigenvalue weighted by Crippen LogP contribution is 2.27. The van der Waals surface area contributed by atoms with E-state index in [1.165, 1.54) is 0 Å². The average molecular weight is 267 g/mol. The molecule has 0 spiro atoms. The highest BCUT2D eigenvalue weighted by Gasteiger charge is 2.27. The van der Waals surface area contributed by atoms with Gasteiger partial charge in [-0.25, -0.2) is 4.98 Å². The largest absolute Gasteiger partial charge is 0.481 e. The van der Waals surface area contributed by atoms with Gasteiger partial charge in [-0.2, -0.15) is 0 Å². The Kier molecular flexibility index (Phi) is 4.55. The molecule has 0 aliphatic carbocycles. The van der Waals surface area contributed by atoms with Gasteiger partial charge >= 0.3 is 5.97 Å². The Hall–Kier alpha value is -1.40. The molecular formula is C13H21N3O3. The molecule has 1 saturated heterocycles. The van der Waals surface area contributed by atoms with E-state index in [4.69, 9.17) is 9.84 Å². The molecule has 0 saturated carbocycles. The highest BCUT2D eigenvalue weighted by molar-refractivity contribution is 5.67. The lowest BCUT2D eigenvalue weighted by molar-refractivity contribution is -0.139. The number of imidazole rings is 1. The van der Waals surface area contributed by atoms with Crippen LogP contribution >= 0.6 is 0 Å². The number of aliphatic carboxylic acids is 1. The van der Waals surface area contributed by atoms with Crippen molar-refractivity contribution in [1.82, 2.24) is 14.5 Å². The summed E-state index contributed by atoms with van der Waals surface area (Å²) in [6.45, 7) is 6.99. The van der Waals surface area contributed by atoms with E-state index < -0.39 is 5.97 Å². The lowest BCUT2D eigenvalue weighted by atomic mass is 10.1. The van der Waals surface area contributed by atoms with E-state index in [2.05, 4.69) is 23.7 Å². The number of hydrogen-bond donors (Lipinski definition) is 1. The monoisotopic (exact) mass is 267 g/mol. The van der Waals surface area contributed by atoms with Crippen LogP contribution in [0.5, 0.6) is 0 Å². The van der Waals surface area contributed by atoms with Gasteiger partial charge in [0, 0.05) is 25.3 Å². The molecule has 1 atom stereocenters. The van der Waals surface area contributed by atoms with Crippen LogP contribution in [-0.4, -0.2) is 51.8 Å². The third-order valence-electron chi connectivity index (χ3n) is 3.45. The number of aromatic nitrogens is 2. The molecule has 1 N–H and O–H groups in total. The van der Waals surface area contributed by atoms with Crippen molar-refractivity contribution in [3.63, 3.8) is 0 Å². The number of ether oxygens (including phenoxy) is 1. The molecule has 6 heteroatoms. The van der Waals surface area contributed by atoms with Crippen LogP contribution in [0.25, 0.3) is 0 Å². The molecule has 1 aliphatic heterocycles. The van der Waals surface area contributed by atoms with Gasteiger partial charge in [-0.05, 0) is 13.8 Å². The summed E-state index contributed by atoms with van der Waals surface area (Å²) >= 11 is 0. The summed E-state index contributed by atoms with van der Waals surface area (Å²) in [6.07, 6.45) is 3.65. The minimum absolute atomic E-state index is 0.0956. The van der Waals surface area contributed by atoms with E-state index in [1.807, 2.05) is 4.57 Å². The highest BCUT2D eigenvalue weighted by atomic mass is 16.5. The van der Waals surface area contributed by atoms with Gasteiger partial charge in [-0.3, -0.25) is 9.69 Å². The Balaban J connectivity index is 2.25. The molecule has 19 heavy (non-hydrogen) atoms.